The molecule has 0 unspecified atom stereocenters. The van der Waals surface area contributed by atoms with Crippen LogP contribution in [0.5, 0.6) is 0 Å². The Balaban J connectivity index is 1.50. The Labute approximate surface area is 173 Å². The zero-order valence-electron chi connectivity index (χ0n) is 16.1. The number of benzene rings is 1. The van der Waals surface area contributed by atoms with Crippen molar-refractivity contribution in [3.63, 3.8) is 0 Å². The molecule has 1 aliphatic heterocycles. The summed E-state index contributed by atoms with van der Waals surface area (Å²) in [6, 6.07) is 5.34. The number of hydrogen-bond acceptors (Lipinski definition) is 2. The molecule has 8 heteroatoms. The van der Waals surface area contributed by atoms with Gasteiger partial charge in [-0.2, -0.15) is 0 Å². The molecule has 1 N–H and O–H groups in total. The van der Waals surface area contributed by atoms with Crippen LogP contribution in [0.2, 0.25) is 5.02 Å². The molecule has 0 atom stereocenters. The predicted octanol–water partition coefficient (Wildman–Crippen LogP) is 4.08. The van der Waals surface area contributed by atoms with E-state index in [1.165, 1.54) is 0 Å². The van der Waals surface area contributed by atoms with Gasteiger partial charge in [-0.3, -0.25) is 9.59 Å². The number of fused-ring (bicyclic) bond motifs is 1. The summed E-state index contributed by atoms with van der Waals surface area (Å²) in [6.45, 7) is 2.06. The van der Waals surface area contributed by atoms with E-state index in [0.717, 1.165) is 25.0 Å². The van der Waals surface area contributed by atoms with Crippen LogP contribution in [0, 0.1) is 5.92 Å². The van der Waals surface area contributed by atoms with E-state index in [1.807, 2.05) is 6.07 Å². The molecule has 0 bridgehead atoms. The van der Waals surface area contributed by atoms with Crippen LogP contribution in [0.4, 0.5) is 8.78 Å². The minimum absolute atomic E-state index is 0.0169. The lowest BCUT2D eigenvalue weighted by Crippen LogP contribution is -2.43. The van der Waals surface area contributed by atoms with Gasteiger partial charge < -0.3 is 14.8 Å². The van der Waals surface area contributed by atoms with Crippen molar-refractivity contribution in [3.8, 4) is 0 Å². The van der Waals surface area contributed by atoms with Gasteiger partial charge in [-0.25, -0.2) is 8.78 Å². The summed E-state index contributed by atoms with van der Waals surface area (Å²) in [4.78, 5) is 27.0. The average molecular weight is 424 g/mol. The first-order valence-corrected chi connectivity index (χ1v) is 10.4. The van der Waals surface area contributed by atoms with Gasteiger partial charge in [-0.15, -0.1) is 0 Å². The number of halogens is 3. The molecule has 2 fully saturated rings. The average Bonchev–Trinajstić information content (AvgIpc) is 2.99. The predicted molar refractivity (Wildman–Crippen MR) is 107 cm³/mol. The SMILES string of the molecule is O=C(NCC1CCC(F)(F)CC1)c1cn(CC(=O)N2CCC2)c2cccc(Cl)c12. The summed E-state index contributed by atoms with van der Waals surface area (Å²) in [5.41, 5.74) is 1.14. The highest BCUT2D eigenvalue weighted by Crippen LogP contribution is 2.36. The Morgan fingerprint density at radius 2 is 1.93 bits per heavy atom. The third kappa shape index (κ3) is 4.25. The summed E-state index contributed by atoms with van der Waals surface area (Å²) in [5.74, 6) is -2.81. The smallest absolute Gasteiger partial charge is 0.253 e. The molecule has 2 amide bonds. The van der Waals surface area contributed by atoms with E-state index in [2.05, 4.69) is 5.32 Å². The third-order valence-electron chi connectivity index (χ3n) is 6.00. The highest BCUT2D eigenvalue weighted by molar-refractivity contribution is 6.36. The number of amides is 2. The number of alkyl halides is 2. The Bertz CT molecular complexity index is 929. The summed E-state index contributed by atoms with van der Waals surface area (Å²) in [5, 5.41) is 3.93. The molecule has 5 nitrogen and oxygen atoms in total. The van der Waals surface area contributed by atoms with E-state index in [0.29, 0.717) is 35.4 Å². The second-order valence-corrected chi connectivity index (χ2v) is 8.46. The van der Waals surface area contributed by atoms with Crippen molar-refractivity contribution in [1.29, 1.82) is 0 Å². The Hall–Kier alpha value is -2.15. The van der Waals surface area contributed by atoms with Crippen molar-refractivity contribution in [2.75, 3.05) is 19.6 Å². The maximum atomic E-state index is 13.3. The fraction of sp³-hybridized carbons (Fsp3) is 0.524. The lowest BCUT2D eigenvalue weighted by atomic mass is 9.87. The van der Waals surface area contributed by atoms with Crippen LogP contribution in [0.1, 0.15) is 42.5 Å². The second kappa shape index (κ2) is 7.94. The number of carbonyl (C=O) groups excluding carboxylic acids is 2. The van der Waals surface area contributed by atoms with Crippen molar-refractivity contribution in [2.24, 2.45) is 5.92 Å². The van der Waals surface area contributed by atoms with Crippen LogP contribution in [0.3, 0.4) is 0 Å². The molecule has 2 aliphatic rings. The quantitative estimate of drug-likeness (QED) is 0.787. The molecule has 4 rings (SSSR count). The fourth-order valence-electron chi connectivity index (χ4n) is 4.06. The first kappa shape index (κ1) is 20.1. The number of carbonyl (C=O) groups is 2. The zero-order valence-corrected chi connectivity index (χ0v) is 16.9. The van der Waals surface area contributed by atoms with Crippen LogP contribution >= 0.6 is 11.6 Å². The van der Waals surface area contributed by atoms with Gasteiger partial charge in [0.2, 0.25) is 11.8 Å². The number of aromatic nitrogens is 1. The van der Waals surface area contributed by atoms with Crippen LogP contribution in [0.25, 0.3) is 10.9 Å². The maximum absolute atomic E-state index is 13.3. The minimum Gasteiger partial charge on any atom is -0.352 e. The van der Waals surface area contributed by atoms with Gasteiger partial charge in [-0.1, -0.05) is 17.7 Å². The molecule has 1 aromatic heterocycles. The van der Waals surface area contributed by atoms with Crippen molar-refractivity contribution >= 4 is 34.3 Å². The Kier molecular flexibility index (Phi) is 5.51. The largest absolute Gasteiger partial charge is 0.352 e. The topological polar surface area (TPSA) is 54.3 Å². The van der Waals surface area contributed by atoms with Gasteiger partial charge in [-0.05, 0) is 37.3 Å². The highest BCUT2D eigenvalue weighted by Gasteiger charge is 2.35. The van der Waals surface area contributed by atoms with Crippen LogP contribution < -0.4 is 5.32 Å². The van der Waals surface area contributed by atoms with E-state index >= 15 is 0 Å². The summed E-state index contributed by atoms with van der Waals surface area (Å²) >= 11 is 6.37. The second-order valence-electron chi connectivity index (χ2n) is 8.05. The van der Waals surface area contributed by atoms with Gasteiger partial charge in [0.15, 0.2) is 0 Å². The van der Waals surface area contributed by atoms with Crippen molar-refractivity contribution in [3.05, 3.63) is 35.0 Å². The molecule has 1 saturated heterocycles. The first-order valence-electron chi connectivity index (χ1n) is 10.1. The first-order chi connectivity index (χ1) is 13.8. The molecule has 1 aromatic carbocycles. The van der Waals surface area contributed by atoms with Crippen LogP contribution in [0.15, 0.2) is 24.4 Å². The van der Waals surface area contributed by atoms with Gasteiger partial charge in [0.1, 0.15) is 6.54 Å². The van der Waals surface area contributed by atoms with Gasteiger partial charge in [0.05, 0.1) is 16.1 Å². The van der Waals surface area contributed by atoms with Gasteiger partial charge in [0, 0.05) is 44.1 Å². The number of rotatable bonds is 5. The maximum Gasteiger partial charge on any atom is 0.253 e. The third-order valence-corrected chi connectivity index (χ3v) is 6.32. The van der Waals surface area contributed by atoms with Gasteiger partial charge in [0.25, 0.3) is 5.91 Å². The van der Waals surface area contributed by atoms with Crippen LogP contribution in [-0.2, 0) is 11.3 Å². The summed E-state index contributed by atoms with van der Waals surface area (Å²) < 4.78 is 28.4. The molecular formula is C21H24ClF2N3O2. The number of likely N-dealkylation sites (tertiary alicyclic amines) is 1. The van der Waals surface area contributed by atoms with E-state index in [-0.39, 0.29) is 37.1 Å². The fourth-order valence-corrected chi connectivity index (χ4v) is 4.33. The normalized spacial score (nSPS) is 19.2. The van der Waals surface area contributed by atoms with Crippen molar-refractivity contribution in [2.45, 2.75) is 44.6 Å². The molecule has 0 spiro atoms. The number of nitrogens with one attached hydrogen (secondary N) is 1. The molecule has 156 valence electrons. The summed E-state index contributed by atoms with van der Waals surface area (Å²) in [6.07, 6.45) is 3.23. The molecule has 1 aliphatic carbocycles. The molecular weight excluding hydrogens is 400 g/mol. The van der Waals surface area contributed by atoms with E-state index < -0.39 is 5.92 Å². The lowest BCUT2D eigenvalue weighted by Gasteiger charge is -2.31. The van der Waals surface area contributed by atoms with E-state index in [9.17, 15) is 18.4 Å². The minimum atomic E-state index is -2.58. The lowest BCUT2D eigenvalue weighted by molar-refractivity contribution is -0.135. The van der Waals surface area contributed by atoms with Gasteiger partial charge >= 0.3 is 0 Å². The number of hydrogen-bond donors (Lipinski definition) is 1. The van der Waals surface area contributed by atoms with E-state index in [4.69, 9.17) is 11.6 Å². The van der Waals surface area contributed by atoms with E-state index in [1.54, 1.807) is 27.8 Å². The number of nitrogens with zero attached hydrogens (tertiary/aromatic N) is 2. The molecule has 2 aromatic rings. The van der Waals surface area contributed by atoms with Crippen molar-refractivity contribution in [1.82, 2.24) is 14.8 Å². The highest BCUT2D eigenvalue weighted by atomic mass is 35.5. The van der Waals surface area contributed by atoms with Crippen molar-refractivity contribution < 1.29 is 18.4 Å². The zero-order chi connectivity index (χ0) is 20.6. The summed E-state index contributed by atoms with van der Waals surface area (Å²) in [7, 11) is 0. The Morgan fingerprint density at radius 3 is 2.59 bits per heavy atom. The van der Waals surface area contributed by atoms with Crippen LogP contribution in [-0.4, -0.2) is 46.8 Å². The molecule has 2 heterocycles. The molecule has 1 saturated carbocycles. The standard InChI is InChI=1S/C21H24ClF2N3O2/c22-16-3-1-4-17-19(16)15(12-27(17)13-18(28)26-9-2-10-26)20(29)25-11-14-5-7-21(23,24)8-6-14/h1,3-4,12,14H,2,5-11,13H2,(H,25,29). The Morgan fingerprint density at radius 1 is 1.21 bits per heavy atom. The monoisotopic (exact) mass is 423 g/mol. The molecule has 0 radical (unpaired) electrons. The molecule has 29 heavy (non-hydrogen) atoms.